The molecule has 1 amide bonds. The van der Waals surface area contributed by atoms with Crippen LogP contribution in [0.1, 0.15) is 48.0 Å². The van der Waals surface area contributed by atoms with Gasteiger partial charge in [0.2, 0.25) is 0 Å². The van der Waals surface area contributed by atoms with Crippen LogP contribution >= 0.6 is 0 Å². The Balaban J connectivity index is 4.11. The molecular formula is C14H27NO3. The Bertz CT molecular complexity index is 279. The van der Waals surface area contributed by atoms with Crippen molar-refractivity contribution in [3.8, 4) is 0 Å². The second-order valence-corrected chi connectivity index (χ2v) is 5.98. The zero-order chi connectivity index (χ0) is 14.3. The zero-order valence-corrected chi connectivity index (χ0v) is 12.4. The Labute approximate surface area is 110 Å². The summed E-state index contributed by atoms with van der Waals surface area (Å²) < 4.78 is 5.12. The molecule has 0 bridgehead atoms. The summed E-state index contributed by atoms with van der Waals surface area (Å²) in [6.07, 6.45) is 3.35. The smallest absolute Gasteiger partial charge is 0.407 e. The van der Waals surface area contributed by atoms with E-state index in [0.29, 0.717) is 5.92 Å². The molecule has 106 valence electrons. The second-order valence-electron chi connectivity index (χ2n) is 5.98. The van der Waals surface area contributed by atoms with E-state index in [1.807, 2.05) is 6.08 Å². The van der Waals surface area contributed by atoms with Crippen molar-refractivity contribution in [2.45, 2.75) is 65.7 Å². The van der Waals surface area contributed by atoms with Crippen LogP contribution in [0, 0.1) is 5.92 Å². The number of alkyl carbamates (subject to hydrolysis) is 1. The Morgan fingerprint density at radius 2 is 1.89 bits per heavy atom. The molecule has 0 rings (SSSR count). The predicted octanol–water partition coefficient (Wildman–Crippen LogP) is 2.86. The molecule has 0 unspecified atom stereocenters. The Morgan fingerprint density at radius 1 is 1.33 bits per heavy atom. The molecule has 0 heterocycles. The minimum Gasteiger partial charge on any atom is -0.444 e. The minimum absolute atomic E-state index is 0.372. The largest absolute Gasteiger partial charge is 0.444 e. The molecule has 4 nitrogen and oxygen atoms in total. The number of aliphatic hydroxyl groups is 1. The number of ether oxygens (including phenoxy) is 1. The third-order valence-corrected chi connectivity index (χ3v) is 2.20. The van der Waals surface area contributed by atoms with E-state index < -0.39 is 17.8 Å². The Morgan fingerprint density at radius 3 is 2.33 bits per heavy atom. The van der Waals surface area contributed by atoms with Gasteiger partial charge in [-0.05, 0) is 40.0 Å². The van der Waals surface area contributed by atoms with Crippen LogP contribution in [0.2, 0.25) is 0 Å². The number of hydrogen-bond donors (Lipinski definition) is 2. The highest BCUT2D eigenvalue weighted by Gasteiger charge is 2.19. The summed E-state index contributed by atoms with van der Waals surface area (Å²) in [6.45, 7) is 11.4. The topological polar surface area (TPSA) is 58.6 Å². The van der Waals surface area contributed by atoms with Gasteiger partial charge in [0.05, 0.1) is 12.1 Å². The van der Waals surface area contributed by atoms with Gasteiger partial charge in [0.25, 0.3) is 0 Å². The van der Waals surface area contributed by atoms with Gasteiger partial charge in [-0.1, -0.05) is 26.0 Å². The first-order valence-corrected chi connectivity index (χ1v) is 6.46. The summed E-state index contributed by atoms with van der Waals surface area (Å²) in [5.74, 6) is 0.558. The molecular weight excluding hydrogens is 230 g/mol. The average Bonchev–Trinajstić information content (AvgIpc) is 2.13. The van der Waals surface area contributed by atoms with Gasteiger partial charge in [0.15, 0.2) is 0 Å². The molecule has 0 aliphatic rings. The molecule has 0 aliphatic heterocycles. The number of hydrogen-bond acceptors (Lipinski definition) is 3. The lowest BCUT2D eigenvalue weighted by Gasteiger charge is -2.23. The highest BCUT2D eigenvalue weighted by Crippen LogP contribution is 2.08. The first-order valence-electron chi connectivity index (χ1n) is 6.46. The lowest BCUT2D eigenvalue weighted by Crippen LogP contribution is -2.43. The summed E-state index contributed by atoms with van der Waals surface area (Å²) in [5.41, 5.74) is -0.526. The molecule has 0 saturated carbocycles. The number of rotatable bonds is 5. The molecule has 0 aromatic rings. The molecule has 0 aromatic carbocycles. The summed E-state index contributed by atoms with van der Waals surface area (Å²) in [7, 11) is 0. The van der Waals surface area contributed by atoms with Gasteiger partial charge in [-0.3, -0.25) is 0 Å². The molecule has 2 N–H and O–H groups in total. The van der Waals surface area contributed by atoms with Crippen molar-refractivity contribution in [2.24, 2.45) is 5.92 Å². The van der Waals surface area contributed by atoms with E-state index in [9.17, 15) is 9.90 Å². The van der Waals surface area contributed by atoms with Crippen LogP contribution < -0.4 is 5.32 Å². The van der Waals surface area contributed by atoms with Gasteiger partial charge in [0, 0.05) is 0 Å². The fourth-order valence-electron chi connectivity index (χ4n) is 1.24. The maximum Gasteiger partial charge on any atom is 0.407 e. The molecule has 2 atom stereocenters. The lowest BCUT2D eigenvalue weighted by molar-refractivity contribution is 0.0465. The van der Waals surface area contributed by atoms with Gasteiger partial charge in [-0.25, -0.2) is 4.79 Å². The number of nitrogens with one attached hydrogen (secondary N) is 1. The van der Waals surface area contributed by atoms with E-state index in [0.717, 1.165) is 6.42 Å². The number of carbonyl (C=O) groups is 1. The van der Waals surface area contributed by atoms with Gasteiger partial charge in [-0.2, -0.15) is 0 Å². The standard InChI is InChI=1S/C14H27NO3/c1-10(2)8-7-9-12(16)11(3)15-13(17)18-14(4,5)6/h7,9-12,16H,8H2,1-6H3,(H,15,17)/b9-7+/t11-,12+/m0/s1. The molecule has 0 aromatic heterocycles. The fourth-order valence-corrected chi connectivity index (χ4v) is 1.24. The average molecular weight is 257 g/mol. The maximum absolute atomic E-state index is 11.5. The molecule has 18 heavy (non-hydrogen) atoms. The number of carbonyl (C=O) groups excluding carboxylic acids is 1. The van der Waals surface area contributed by atoms with Crippen molar-refractivity contribution in [1.82, 2.24) is 5.32 Å². The van der Waals surface area contributed by atoms with Gasteiger partial charge >= 0.3 is 6.09 Å². The molecule has 0 saturated heterocycles. The van der Waals surface area contributed by atoms with Gasteiger partial charge < -0.3 is 15.2 Å². The summed E-state index contributed by atoms with van der Waals surface area (Å²) in [4.78, 5) is 11.5. The van der Waals surface area contributed by atoms with Crippen LogP contribution in [-0.2, 0) is 4.74 Å². The monoisotopic (exact) mass is 257 g/mol. The third-order valence-electron chi connectivity index (χ3n) is 2.20. The highest BCUT2D eigenvalue weighted by molar-refractivity contribution is 5.68. The SMILES string of the molecule is CC(C)C/C=C/[C@@H](O)[C@H](C)NC(=O)OC(C)(C)C. The van der Waals surface area contributed by atoms with Crippen LogP contribution in [0.25, 0.3) is 0 Å². The second kappa shape index (κ2) is 7.41. The Hall–Kier alpha value is -1.03. The van der Waals surface area contributed by atoms with E-state index in [2.05, 4.69) is 19.2 Å². The molecule has 0 radical (unpaired) electrons. The third kappa shape index (κ3) is 9.05. The first kappa shape index (κ1) is 17.0. The number of amides is 1. The molecule has 0 fully saturated rings. The van der Waals surface area contributed by atoms with E-state index in [-0.39, 0.29) is 6.04 Å². The highest BCUT2D eigenvalue weighted by atomic mass is 16.6. The van der Waals surface area contributed by atoms with Crippen molar-refractivity contribution in [1.29, 1.82) is 0 Å². The quantitative estimate of drug-likeness (QED) is 0.745. The van der Waals surface area contributed by atoms with Gasteiger partial charge in [0.1, 0.15) is 5.60 Å². The normalized spacial score (nSPS) is 15.8. The predicted molar refractivity (Wildman–Crippen MR) is 73.4 cm³/mol. The summed E-state index contributed by atoms with van der Waals surface area (Å²) >= 11 is 0. The van der Waals surface area contributed by atoms with Crippen LogP contribution in [0.3, 0.4) is 0 Å². The van der Waals surface area contributed by atoms with Crippen molar-refractivity contribution < 1.29 is 14.6 Å². The van der Waals surface area contributed by atoms with E-state index in [4.69, 9.17) is 4.74 Å². The van der Waals surface area contributed by atoms with Crippen LogP contribution in [0.5, 0.6) is 0 Å². The van der Waals surface area contributed by atoms with Crippen molar-refractivity contribution in [3.63, 3.8) is 0 Å². The Kier molecular flexibility index (Phi) is 6.99. The summed E-state index contributed by atoms with van der Waals surface area (Å²) in [5, 5.41) is 12.4. The molecule has 0 aliphatic carbocycles. The van der Waals surface area contributed by atoms with E-state index in [1.54, 1.807) is 33.8 Å². The van der Waals surface area contributed by atoms with Crippen molar-refractivity contribution in [3.05, 3.63) is 12.2 Å². The van der Waals surface area contributed by atoms with Gasteiger partial charge in [-0.15, -0.1) is 0 Å². The summed E-state index contributed by atoms with van der Waals surface area (Å²) in [6, 6.07) is -0.372. The maximum atomic E-state index is 11.5. The van der Waals surface area contributed by atoms with E-state index in [1.165, 1.54) is 0 Å². The molecule has 0 spiro atoms. The van der Waals surface area contributed by atoms with Crippen molar-refractivity contribution in [2.75, 3.05) is 0 Å². The fraction of sp³-hybridized carbons (Fsp3) is 0.786. The molecule has 4 heteroatoms. The number of allylic oxidation sites excluding steroid dienone is 1. The minimum atomic E-state index is -0.698. The van der Waals surface area contributed by atoms with Crippen LogP contribution in [0.15, 0.2) is 12.2 Å². The first-order chi connectivity index (χ1) is 8.11. The lowest BCUT2D eigenvalue weighted by atomic mass is 10.1. The van der Waals surface area contributed by atoms with Crippen LogP contribution in [-0.4, -0.2) is 28.9 Å². The van der Waals surface area contributed by atoms with Crippen LogP contribution in [0.4, 0.5) is 4.79 Å². The van der Waals surface area contributed by atoms with E-state index >= 15 is 0 Å². The number of aliphatic hydroxyl groups excluding tert-OH is 1. The van der Waals surface area contributed by atoms with Crippen molar-refractivity contribution >= 4 is 6.09 Å². The zero-order valence-electron chi connectivity index (χ0n) is 12.4.